The number of rotatable bonds is 5. The van der Waals surface area contributed by atoms with Crippen molar-refractivity contribution in [2.45, 2.75) is 5.22 Å². The van der Waals surface area contributed by atoms with E-state index < -0.39 is 0 Å². The van der Waals surface area contributed by atoms with E-state index in [1.807, 2.05) is 23.6 Å². The lowest BCUT2D eigenvalue weighted by Gasteiger charge is -1.94. The lowest BCUT2D eigenvalue weighted by Crippen LogP contribution is -1.98. The highest BCUT2D eigenvalue weighted by Crippen LogP contribution is 2.23. The molecule has 3 rings (SSSR count). The standard InChI is InChI=1S/C13H9N3O2S2/c17-10(11-4-2-6-19-11)8-20-13-16-15-12(18-13)9-3-1-5-14-7-9/h1-7H,8H2. The predicted octanol–water partition coefficient (Wildman–Crippen LogP) is 3.17. The van der Waals surface area contributed by atoms with Crippen molar-refractivity contribution in [3.8, 4) is 11.5 Å². The van der Waals surface area contributed by atoms with Gasteiger partial charge in [-0.3, -0.25) is 9.78 Å². The smallest absolute Gasteiger partial charge is 0.277 e. The average molecular weight is 303 g/mol. The van der Waals surface area contributed by atoms with Gasteiger partial charge >= 0.3 is 0 Å². The first-order valence-electron chi connectivity index (χ1n) is 5.76. The summed E-state index contributed by atoms with van der Waals surface area (Å²) in [5.41, 5.74) is 0.761. The van der Waals surface area contributed by atoms with E-state index in [1.165, 1.54) is 23.1 Å². The largest absolute Gasteiger partial charge is 0.411 e. The Morgan fingerprint density at radius 2 is 2.25 bits per heavy atom. The van der Waals surface area contributed by atoms with Crippen LogP contribution in [0.25, 0.3) is 11.5 Å². The van der Waals surface area contributed by atoms with Crippen molar-refractivity contribution in [2.24, 2.45) is 0 Å². The molecule has 100 valence electrons. The van der Waals surface area contributed by atoms with E-state index in [-0.39, 0.29) is 11.5 Å². The fraction of sp³-hybridized carbons (Fsp3) is 0.0769. The monoisotopic (exact) mass is 303 g/mol. The maximum Gasteiger partial charge on any atom is 0.277 e. The van der Waals surface area contributed by atoms with Crippen LogP contribution in [-0.2, 0) is 0 Å². The Morgan fingerprint density at radius 3 is 3.00 bits per heavy atom. The van der Waals surface area contributed by atoms with Crippen LogP contribution in [0.1, 0.15) is 9.67 Å². The van der Waals surface area contributed by atoms with Crippen LogP contribution < -0.4 is 0 Å². The van der Waals surface area contributed by atoms with Crippen LogP contribution >= 0.6 is 23.1 Å². The van der Waals surface area contributed by atoms with Crippen molar-refractivity contribution < 1.29 is 9.21 Å². The molecule has 3 aromatic rings. The zero-order valence-electron chi connectivity index (χ0n) is 10.2. The lowest BCUT2D eigenvalue weighted by molar-refractivity contribution is 0.102. The molecule has 0 aromatic carbocycles. The molecule has 0 amide bonds. The number of carbonyl (C=O) groups excluding carboxylic acids is 1. The van der Waals surface area contributed by atoms with Crippen molar-refractivity contribution >= 4 is 28.9 Å². The number of ketones is 1. The average Bonchev–Trinajstić information content (AvgIpc) is 3.17. The SMILES string of the molecule is O=C(CSc1nnc(-c2cccnc2)o1)c1cccs1. The number of pyridine rings is 1. The lowest BCUT2D eigenvalue weighted by atomic mass is 10.3. The number of thioether (sulfide) groups is 1. The normalized spacial score (nSPS) is 10.6. The third-order valence-corrected chi connectivity index (χ3v) is 4.17. The summed E-state index contributed by atoms with van der Waals surface area (Å²) < 4.78 is 5.49. The van der Waals surface area contributed by atoms with Crippen molar-refractivity contribution in [3.05, 3.63) is 46.9 Å². The van der Waals surface area contributed by atoms with Crippen LogP contribution in [0.15, 0.2) is 51.7 Å². The van der Waals surface area contributed by atoms with Gasteiger partial charge in [0.1, 0.15) is 0 Å². The third-order valence-electron chi connectivity index (χ3n) is 2.44. The van der Waals surface area contributed by atoms with Gasteiger partial charge in [-0.05, 0) is 23.6 Å². The molecule has 0 radical (unpaired) electrons. The molecule has 0 saturated heterocycles. The molecule has 0 saturated carbocycles. The second-order valence-electron chi connectivity index (χ2n) is 3.80. The minimum absolute atomic E-state index is 0.0612. The van der Waals surface area contributed by atoms with Crippen molar-refractivity contribution in [3.63, 3.8) is 0 Å². The van der Waals surface area contributed by atoms with E-state index in [1.54, 1.807) is 18.5 Å². The Morgan fingerprint density at radius 1 is 1.30 bits per heavy atom. The highest BCUT2D eigenvalue weighted by Gasteiger charge is 2.12. The molecule has 3 aromatic heterocycles. The summed E-state index contributed by atoms with van der Waals surface area (Å²) in [4.78, 5) is 16.6. The van der Waals surface area contributed by atoms with Crippen molar-refractivity contribution in [2.75, 3.05) is 5.75 Å². The van der Waals surface area contributed by atoms with Gasteiger partial charge in [0, 0.05) is 12.4 Å². The molecule has 0 aliphatic carbocycles. The van der Waals surface area contributed by atoms with Gasteiger partial charge in [0.25, 0.3) is 5.22 Å². The maximum absolute atomic E-state index is 11.8. The summed E-state index contributed by atoms with van der Waals surface area (Å²) in [6.07, 6.45) is 3.33. The molecule has 0 N–H and O–H groups in total. The minimum Gasteiger partial charge on any atom is -0.411 e. The summed E-state index contributed by atoms with van der Waals surface area (Å²) in [7, 11) is 0. The Bertz CT molecular complexity index is 696. The first kappa shape index (κ1) is 13.0. The van der Waals surface area contributed by atoms with E-state index >= 15 is 0 Å². The van der Waals surface area contributed by atoms with E-state index in [0.717, 1.165) is 10.4 Å². The van der Waals surface area contributed by atoms with Gasteiger partial charge in [0.15, 0.2) is 5.78 Å². The van der Waals surface area contributed by atoms with Gasteiger partial charge < -0.3 is 4.42 Å². The van der Waals surface area contributed by atoms with Crippen LogP contribution in [0.5, 0.6) is 0 Å². The molecular weight excluding hydrogens is 294 g/mol. The maximum atomic E-state index is 11.8. The first-order chi connectivity index (χ1) is 9.83. The van der Waals surface area contributed by atoms with Crippen LogP contribution in [0.3, 0.4) is 0 Å². The summed E-state index contributed by atoms with van der Waals surface area (Å²) in [6.45, 7) is 0. The van der Waals surface area contributed by atoms with Gasteiger partial charge in [-0.15, -0.1) is 21.5 Å². The van der Waals surface area contributed by atoms with Gasteiger partial charge in [-0.2, -0.15) is 0 Å². The molecule has 7 heteroatoms. The second kappa shape index (κ2) is 5.98. The number of hydrogen-bond acceptors (Lipinski definition) is 7. The molecule has 0 unspecified atom stereocenters. The fourth-order valence-electron chi connectivity index (χ4n) is 1.51. The Balaban J connectivity index is 1.65. The molecule has 0 aliphatic heterocycles. The topological polar surface area (TPSA) is 68.9 Å². The summed E-state index contributed by atoms with van der Waals surface area (Å²) >= 11 is 2.67. The van der Waals surface area contributed by atoms with Crippen LogP contribution in [-0.4, -0.2) is 26.7 Å². The zero-order valence-corrected chi connectivity index (χ0v) is 11.9. The first-order valence-corrected chi connectivity index (χ1v) is 7.63. The highest BCUT2D eigenvalue weighted by molar-refractivity contribution is 7.99. The van der Waals surface area contributed by atoms with Crippen LogP contribution in [0, 0.1) is 0 Å². The van der Waals surface area contributed by atoms with E-state index in [2.05, 4.69) is 15.2 Å². The summed E-state index contributed by atoms with van der Waals surface area (Å²) in [6, 6.07) is 7.30. The van der Waals surface area contributed by atoms with Crippen molar-refractivity contribution in [1.29, 1.82) is 0 Å². The highest BCUT2D eigenvalue weighted by atomic mass is 32.2. The number of aromatic nitrogens is 3. The molecule has 0 atom stereocenters. The van der Waals surface area contributed by atoms with E-state index in [9.17, 15) is 4.79 Å². The van der Waals surface area contributed by atoms with Gasteiger partial charge in [0.2, 0.25) is 5.89 Å². The Labute approximate surface area is 123 Å². The van der Waals surface area contributed by atoms with E-state index in [4.69, 9.17) is 4.42 Å². The fourth-order valence-corrected chi connectivity index (χ4v) is 2.91. The molecule has 0 aliphatic rings. The van der Waals surface area contributed by atoms with Gasteiger partial charge in [0.05, 0.1) is 16.2 Å². The summed E-state index contributed by atoms with van der Waals surface area (Å²) in [5.74, 6) is 0.755. The molecule has 5 nitrogen and oxygen atoms in total. The van der Waals surface area contributed by atoms with E-state index in [0.29, 0.717) is 11.1 Å². The number of carbonyl (C=O) groups is 1. The molecule has 20 heavy (non-hydrogen) atoms. The third kappa shape index (κ3) is 2.94. The number of nitrogens with zero attached hydrogens (tertiary/aromatic N) is 3. The van der Waals surface area contributed by atoms with Crippen LogP contribution in [0.2, 0.25) is 0 Å². The predicted molar refractivity (Wildman–Crippen MR) is 76.9 cm³/mol. The Hall–Kier alpha value is -1.99. The van der Waals surface area contributed by atoms with Gasteiger partial charge in [-0.1, -0.05) is 17.8 Å². The second-order valence-corrected chi connectivity index (χ2v) is 5.68. The number of Topliss-reactive ketones (excluding diaryl/α,β-unsaturated/α-hetero) is 1. The van der Waals surface area contributed by atoms with Crippen LogP contribution in [0.4, 0.5) is 0 Å². The molecule has 0 spiro atoms. The Kier molecular flexibility index (Phi) is 3.89. The summed E-state index contributed by atoms with van der Waals surface area (Å²) in [5, 5.41) is 10.1. The van der Waals surface area contributed by atoms with Gasteiger partial charge in [-0.25, -0.2) is 0 Å². The zero-order chi connectivity index (χ0) is 13.8. The molecular formula is C13H9N3O2S2. The number of hydrogen-bond donors (Lipinski definition) is 0. The molecule has 0 fully saturated rings. The number of thiophene rings is 1. The molecule has 0 bridgehead atoms. The molecule has 3 heterocycles. The van der Waals surface area contributed by atoms with Crippen molar-refractivity contribution in [1.82, 2.24) is 15.2 Å². The minimum atomic E-state index is 0.0612. The quantitative estimate of drug-likeness (QED) is 0.532.